The topological polar surface area (TPSA) is 41.5 Å². The highest BCUT2D eigenvalue weighted by Gasteiger charge is 2.33. The molecule has 1 aromatic rings. The Bertz CT molecular complexity index is 381. The maximum atomic E-state index is 12.0. The maximum absolute atomic E-state index is 12.0. The molecule has 2 N–H and O–H groups in total. The van der Waals surface area contributed by atoms with Crippen LogP contribution in [0.1, 0.15) is 19.3 Å². The van der Waals surface area contributed by atoms with Crippen LogP contribution < -0.4 is 10.1 Å². The van der Waals surface area contributed by atoms with Crippen LogP contribution in [-0.4, -0.2) is 23.9 Å². The Balaban J connectivity index is 1.91. The van der Waals surface area contributed by atoms with E-state index in [9.17, 15) is 13.9 Å². The zero-order valence-corrected chi connectivity index (χ0v) is 9.33. The van der Waals surface area contributed by atoms with Crippen molar-refractivity contribution in [3.63, 3.8) is 0 Å². The Morgan fingerprint density at radius 2 is 2.18 bits per heavy atom. The van der Waals surface area contributed by atoms with Gasteiger partial charge in [-0.3, -0.25) is 0 Å². The minimum atomic E-state index is -2.82. The number of ether oxygens (including phenoxy) is 1. The normalized spacial score (nSPS) is 17.6. The van der Waals surface area contributed by atoms with Crippen molar-refractivity contribution < 1.29 is 18.6 Å². The predicted molar refractivity (Wildman–Crippen MR) is 60.4 cm³/mol. The van der Waals surface area contributed by atoms with Crippen molar-refractivity contribution in [1.82, 2.24) is 0 Å². The van der Waals surface area contributed by atoms with Gasteiger partial charge in [0, 0.05) is 18.3 Å². The van der Waals surface area contributed by atoms with E-state index in [1.165, 1.54) is 12.1 Å². The summed E-state index contributed by atoms with van der Waals surface area (Å²) in [6.45, 7) is -2.38. The third-order valence-electron chi connectivity index (χ3n) is 2.97. The van der Waals surface area contributed by atoms with E-state index in [0.717, 1.165) is 19.3 Å². The third kappa shape index (κ3) is 3.30. The second-order valence-electron chi connectivity index (χ2n) is 4.34. The van der Waals surface area contributed by atoms with Gasteiger partial charge in [0.2, 0.25) is 0 Å². The summed E-state index contributed by atoms with van der Waals surface area (Å²) >= 11 is 0. The first-order chi connectivity index (χ1) is 8.07. The van der Waals surface area contributed by atoms with Crippen molar-refractivity contribution in [3.05, 3.63) is 24.3 Å². The Labute approximate surface area is 98.4 Å². The van der Waals surface area contributed by atoms with Crippen molar-refractivity contribution in [2.24, 2.45) is 0 Å². The maximum Gasteiger partial charge on any atom is 0.387 e. The highest BCUT2D eigenvalue weighted by Crippen LogP contribution is 2.31. The van der Waals surface area contributed by atoms with Crippen molar-refractivity contribution in [3.8, 4) is 5.75 Å². The van der Waals surface area contributed by atoms with Gasteiger partial charge in [0.05, 0.1) is 5.60 Å². The Morgan fingerprint density at radius 3 is 2.76 bits per heavy atom. The molecule has 0 heterocycles. The number of benzene rings is 1. The molecule has 0 amide bonds. The molecule has 2 rings (SSSR count). The largest absolute Gasteiger partial charge is 0.435 e. The second kappa shape index (κ2) is 4.87. The van der Waals surface area contributed by atoms with Crippen molar-refractivity contribution >= 4 is 5.69 Å². The van der Waals surface area contributed by atoms with Crippen LogP contribution in [0.4, 0.5) is 14.5 Å². The van der Waals surface area contributed by atoms with Crippen LogP contribution >= 0.6 is 0 Å². The first-order valence-electron chi connectivity index (χ1n) is 5.59. The molecule has 94 valence electrons. The molecule has 1 aliphatic carbocycles. The Kier molecular flexibility index (Phi) is 3.47. The summed E-state index contributed by atoms with van der Waals surface area (Å²) in [6.07, 6.45) is 2.60. The van der Waals surface area contributed by atoms with Crippen LogP contribution in [0.5, 0.6) is 5.75 Å². The number of rotatable bonds is 5. The lowest BCUT2D eigenvalue weighted by atomic mass is 9.80. The lowest BCUT2D eigenvalue weighted by molar-refractivity contribution is -0.0498. The van der Waals surface area contributed by atoms with Gasteiger partial charge in [0.25, 0.3) is 0 Å². The number of alkyl halides is 2. The van der Waals surface area contributed by atoms with Gasteiger partial charge in [0.15, 0.2) is 0 Å². The monoisotopic (exact) mass is 243 g/mol. The third-order valence-corrected chi connectivity index (χ3v) is 2.97. The van der Waals surface area contributed by atoms with Gasteiger partial charge in [-0.15, -0.1) is 0 Å². The number of anilines is 1. The van der Waals surface area contributed by atoms with Crippen molar-refractivity contribution in [1.29, 1.82) is 0 Å². The fourth-order valence-corrected chi connectivity index (χ4v) is 1.81. The van der Waals surface area contributed by atoms with Gasteiger partial charge in [-0.1, -0.05) is 6.07 Å². The van der Waals surface area contributed by atoms with Crippen molar-refractivity contribution in [2.75, 3.05) is 11.9 Å². The lowest BCUT2D eigenvalue weighted by Crippen LogP contribution is -2.43. The lowest BCUT2D eigenvalue weighted by Gasteiger charge is -2.36. The van der Waals surface area contributed by atoms with E-state index in [1.54, 1.807) is 12.1 Å². The van der Waals surface area contributed by atoms with Crippen LogP contribution in [-0.2, 0) is 0 Å². The van der Waals surface area contributed by atoms with Crippen LogP contribution in [0.2, 0.25) is 0 Å². The van der Waals surface area contributed by atoms with E-state index in [2.05, 4.69) is 10.1 Å². The van der Waals surface area contributed by atoms with E-state index < -0.39 is 12.2 Å². The first kappa shape index (κ1) is 12.1. The molecule has 5 heteroatoms. The first-order valence-corrected chi connectivity index (χ1v) is 5.59. The second-order valence-corrected chi connectivity index (χ2v) is 4.34. The minimum Gasteiger partial charge on any atom is -0.435 e. The SMILES string of the molecule is OC1(CNc2cccc(OC(F)F)c2)CCC1. The molecule has 1 fully saturated rings. The van der Waals surface area contributed by atoms with Crippen LogP contribution in [0.3, 0.4) is 0 Å². The minimum absolute atomic E-state index is 0.116. The summed E-state index contributed by atoms with van der Waals surface area (Å²) in [5.41, 5.74) is 0.0306. The summed E-state index contributed by atoms with van der Waals surface area (Å²) in [6, 6.07) is 6.34. The highest BCUT2D eigenvalue weighted by molar-refractivity contribution is 5.48. The molecule has 17 heavy (non-hydrogen) atoms. The molecule has 0 atom stereocenters. The summed E-state index contributed by atoms with van der Waals surface area (Å²) in [7, 11) is 0. The van der Waals surface area contributed by atoms with Gasteiger partial charge in [-0.25, -0.2) is 0 Å². The number of nitrogens with one attached hydrogen (secondary N) is 1. The van der Waals surface area contributed by atoms with Crippen LogP contribution in [0.15, 0.2) is 24.3 Å². The van der Waals surface area contributed by atoms with E-state index in [-0.39, 0.29) is 5.75 Å². The summed E-state index contributed by atoms with van der Waals surface area (Å²) in [4.78, 5) is 0. The van der Waals surface area contributed by atoms with E-state index >= 15 is 0 Å². The molecule has 3 nitrogen and oxygen atoms in total. The van der Waals surface area contributed by atoms with Gasteiger partial charge in [0.1, 0.15) is 5.75 Å². The Hall–Kier alpha value is -1.36. The zero-order valence-electron chi connectivity index (χ0n) is 9.33. The molecule has 0 unspecified atom stereocenters. The van der Waals surface area contributed by atoms with E-state index in [1.807, 2.05) is 0 Å². The van der Waals surface area contributed by atoms with Crippen molar-refractivity contribution in [2.45, 2.75) is 31.5 Å². The van der Waals surface area contributed by atoms with Gasteiger partial charge < -0.3 is 15.2 Å². The standard InChI is InChI=1S/C12H15F2NO2/c13-11(14)17-10-4-1-3-9(7-10)15-8-12(16)5-2-6-12/h1,3-4,7,11,15-16H,2,5-6,8H2. The fraction of sp³-hybridized carbons (Fsp3) is 0.500. The van der Waals surface area contributed by atoms with E-state index in [0.29, 0.717) is 12.2 Å². The summed E-state index contributed by atoms with van der Waals surface area (Å²) in [5.74, 6) is 0.116. The van der Waals surface area contributed by atoms with Gasteiger partial charge >= 0.3 is 6.61 Å². The smallest absolute Gasteiger partial charge is 0.387 e. The zero-order chi connectivity index (χ0) is 12.3. The predicted octanol–water partition coefficient (Wildman–Crippen LogP) is 2.61. The molecule has 0 spiro atoms. The van der Waals surface area contributed by atoms with E-state index in [4.69, 9.17) is 0 Å². The molecular formula is C12H15F2NO2. The number of hydrogen-bond donors (Lipinski definition) is 2. The molecule has 0 bridgehead atoms. The number of aliphatic hydroxyl groups is 1. The highest BCUT2D eigenvalue weighted by atomic mass is 19.3. The molecule has 1 saturated carbocycles. The van der Waals surface area contributed by atoms with Gasteiger partial charge in [-0.2, -0.15) is 8.78 Å². The van der Waals surface area contributed by atoms with Crippen LogP contribution in [0.25, 0.3) is 0 Å². The summed E-state index contributed by atoms with van der Waals surface area (Å²) < 4.78 is 28.3. The number of hydrogen-bond acceptors (Lipinski definition) is 3. The van der Waals surface area contributed by atoms with Crippen LogP contribution in [0, 0.1) is 0 Å². The molecule has 1 aromatic carbocycles. The average Bonchev–Trinajstić information content (AvgIpc) is 2.23. The molecule has 0 aliphatic heterocycles. The molecule has 0 radical (unpaired) electrons. The Morgan fingerprint density at radius 1 is 1.41 bits per heavy atom. The molecular weight excluding hydrogens is 228 g/mol. The number of halogens is 2. The average molecular weight is 243 g/mol. The van der Waals surface area contributed by atoms with Gasteiger partial charge in [-0.05, 0) is 31.4 Å². The molecule has 0 aromatic heterocycles. The fourth-order valence-electron chi connectivity index (χ4n) is 1.81. The summed E-state index contributed by atoms with van der Waals surface area (Å²) in [5, 5.41) is 12.9. The quantitative estimate of drug-likeness (QED) is 0.835. The molecule has 0 saturated heterocycles. The molecule has 1 aliphatic rings.